The fourth-order valence-electron chi connectivity index (χ4n) is 4.99. The first-order chi connectivity index (χ1) is 14.1. The van der Waals surface area contributed by atoms with E-state index in [1.165, 1.54) is 0 Å². The number of hydrogen-bond donors (Lipinski definition) is 3. The van der Waals surface area contributed by atoms with Crippen molar-refractivity contribution in [3.8, 4) is 5.75 Å². The van der Waals surface area contributed by atoms with E-state index in [9.17, 15) is 19.5 Å². The number of carboxylic acids is 1. The maximum atomic E-state index is 12.8. The van der Waals surface area contributed by atoms with E-state index >= 15 is 0 Å². The van der Waals surface area contributed by atoms with Gasteiger partial charge >= 0.3 is 5.97 Å². The quantitative estimate of drug-likeness (QED) is 0.487. The summed E-state index contributed by atoms with van der Waals surface area (Å²) in [5.74, 6) is -3.12. The van der Waals surface area contributed by atoms with Gasteiger partial charge in [0.25, 0.3) is 5.91 Å². The molecule has 2 aliphatic rings. The summed E-state index contributed by atoms with van der Waals surface area (Å²) < 4.78 is 5.48. The summed E-state index contributed by atoms with van der Waals surface area (Å²) in [7, 11) is 0. The smallest absolute Gasteiger partial charge is 0.307 e. The number of halogens is 1. The van der Waals surface area contributed by atoms with Gasteiger partial charge in [0.15, 0.2) is 6.61 Å². The zero-order chi connectivity index (χ0) is 22.2. The fraction of sp³-hybridized carbons (Fsp3) is 0.500. The van der Waals surface area contributed by atoms with Crippen LogP contribution in [0.5, 0.6) is 5.75 Å². The maximum Gasteiger partial charge on any atom is 0.307 e. The first-order valence-corrected chi connectivity index (χ1v) is 10.4. The number of aryl methyl sites for hydroxylation is 2. The van der Waals surface area contributed by atoms with Crippen molar-refractivity contribution in [3.05, 3.63) is 39.4 Å². The van der Waals surface area contributed by atoms with Gasteiger partial charge in [-0.25, -0.2) is 0 Å². The average molecular weight is 435 g/mol. The summed E-state index contributed by atoms with van der Waals surface area (Å²) in [6.07, 6.45) is 1.57. The highest BCUT2D eigenvalue weighted by Gasteiger charge is 2.57. The lowest BCUT2D eigenvalue weighted by atomic mass is 9.79. The molecule has 2 bridgehead atoms. The number of benzene rings is 1. The molecule has 0 unspecified atom stereocenters. The molecule has 0 aromatic heterocycles. The van der Waals surface area contributed by atoms with Crippen molar-refractivity contribution in [2.45, 2.75) is 40.5 Å². The molecule has 7 nitrogen and oxygen atoms in total. The van der Waals surface area contributed by atoms with E-state index in [4.69, 9.17) is 16.3 Å². The van der Waals surface area contributed by atoms with Crippen LogP contribution in [0.2, 0.25) is 5.02 Å². The Kier molecular flexibility index (Phi) is 6.41. The van der Waals surface area contributed by atoms with Crippen LogP contribution in [0.15, 0.2) is 23.3 Å². The van der Waals surface area contributed by atoms with Crippen LogP contribution >= 0.6 is 11.6 Å². The van der Waals surface area contributed by atoms with Crippen LogP contribution in [0.25, 0.3) is 0 Å². The van der Waals surface area contributed by atoms with Crippen molar-refractivity contribution in [3.63, 3.8) is 0 Å². The number of ether oxygens (including phenoxy) is 1. The number of carboxylic acid groups (broad SMARTS) is 1. The van der Waals surface area contributed by atoms with Gasteiger partial charge in [0.1, 0.15) is 5.75 Å². The molecule has 2 saturated carbocycles. The molecule has 30 heavy (non-hydrogen) atoms. The van der Waals surface area contributed by atoms with Gasteiger partial charge in [0.2, 0.25) is 5.91 Å². The second-order valence-corrected chi connectivity index (χ2v) is 8.71. The molecule has 3 N–H and O–H groups in total. The summed E-state index contributed by atoms with van der Waals surface area (Å²) >= 11 is 6.12. The lowest BCUT2D eigenvalue weighted by Crippen LogP contribution is -2.49. The summed E-state index contributed by atoms with van der Waals surface area (Å²) in [6.45, 7) is 7.31. The summed E-state index contributed by atoms with van der Waals surface area (Å²) in [4.78, 5) is 36.7. The van der Waals surface area contributed by atoms with Crippen molar-refractivity contribution in [1.29, 1.82) is 0 Å². The van der Waals surface area contributed by atoms with E-state index in [1.54, 1.807) is 12.1 Å². The summed E-state index contributed by atoms with van der Waals surface area (Å²) in [5.41, 5.74) is 8.58. The van der Waals surface area contributed by atoms with Crippen molar-refractivity contribution in [1.82, 2.24) is 10.9 Å². The van der Waals surface area contributed by atoms with Crippen LogP contribution in [-0.2, 0) is 14.4 Å². The topological polar surface area (TPSA) is 105 Å². The number of allylic oxidation sites excluding steroid dienone is 2. The third-order valence-electron chi connectivity index (χ3n) is 6.11. The molecule has 0 heterocycles. The van der Waals surface area contributed by atoms with Crippen LogP contribution in [-0.4, -0.2) is 29.5 Å². The Morgan fingerprint density at radius 1 is 1.07 bits per heavy atom. The predicted molar refractivity (Wildman–Crippen MR) is 112 cm³/mol. The van der Waals surface area contributed by atoms with Crippen LogP contribution < -0.4 is 15.6 Å². The molecule has 0 radical (unpaired) electrons. The molecule has 8 heteroatoms. The van der Waals surface area contributed by atoms with Gasteiger partial charge in [0.05, 0.1) is 11.8 Å². The van der Waals surface area contributed by atoms with Crippen LogP contribution in [0, 0.1) is 37.5 Å². The molecule has 1 aromatic carbocycles. The molecule has 0 saturated heterocycles. The number of carbonyl (C=O) groups excluding carboxylic acids is 2. The number of nitrogens with one attached hydrogen (secondary N) is 2. The molecule has 4 atom stereocenters. The molecule has 2 amide bonds. The molecule has 2 aliphatic carbocycles. The van der Waals surface area contributed by atoms with Gasteiger partial charge in [-0.2, -0.15) is 0 Å². The number of carbonyl (C=O) groups is 3. The second-order valence-electron chi connectivity index (χ2n) is 8.33. The third kappa shape index (κ3) is 4.17. The Morgan fingerprint density at radius 3 is 2.17 bits per heavy atom. The standard InChI is InChI=1S/C22H27ClN2O5/c1-10(2)17-14-5-6-15(17)19(22(28)29)18(14)21(27)25-24-16(26)9-30-13-7-11(3)20(23)12(4)8-13/h7-8,14-15,18-19H,5-6,9H2,1-4H3,(H,24,26)(H,25,27)(H,28,29)/t14-,15-,18+,19-/m1/s1. The van der Waals surface area contributed by atoms with E-state index in [-0.39, 0.29) is 18.4 Å². The average Bonchev–Trinajstić information content (AvgIpc) is 3.25. The molecule has 162 valence electrons. The highest BCUT2D eigenvalue weighted by Crippen LogP contribution is 2.57. The van der Waals surface area contributed by atoms with Gasteiger partial charge in [-0.3, -0.25) is 25.2 Å². The predicted octanol–water partition coefficient (Wildman–Crippen LogP) is 3.18. The largest absolute Gasteiger partial charge is 0.484 e. The Balaban J connectivity index is 1.59. The van der Waals surface area contributed by atoms with E-state index in [2.05, 4.69) is 10.9 Å². The number of hydrazine groups is 1. The van der Waals surface area contributed by atoms with Crippen LogP contribution in [0.1, 0.15) is 37.8 Å². The first kappa shape index (κ1) is 22.2. The molecule has 3 rings (SSSR count). The molecule has 1 aromatic rings. The zero-order valence-corrected chi connectivity index (χ0v) is 18.3. The molecule has 2 fully saturated rings. The molecule has 0 aliphatic heterocycles. The first-order valence-electron chi connectivity index (χ1n) is 10.00. The van der Waals surface area contributed by atoms with Crippen LogP contribution in [0.3, 0.4) is 0 Å². The van der Waals surface area contributed by atoms with Gasteiger partial charge in [-0.1, -0.05) is 22.7 Å². The number of hydrogen-bond acceptors (Lipinski definition) is 4. The fourth-order valence-corrected chi connectivity index (χ4v) is 5.10. The minimum atomic E-state index is -0.968. The van der Waals surface area contributed by atoms with Crippen molar-refractivity contribution >= 4 is 29.4 Å². The van der Waals surface area contributed by atoms with Crippen molar-refractivity contribution in [2.75, 3.05) is 6.61 Å². The van der Waals surface area contributed by atoms with Crippen molar-refractivity contribution in [2.24, 2.45) is 23.7 Å². The highest BCUT2D eigenvalue weighted by atomic mass is 35.5. The Hall–Kier alpha value is -2.54. The third-order valence-corrected chi connectivity index (χ3v) is 6.71. The number of rotatable bonds is 5. The number of aliphatic carboxylic acids is 1. The Bertz CT molecular complexity index is 899. The summed E-state index contributed by atoms with van der Waals surface area (Å²) in [6, 6.07) is 3.46. The van der Waals surface area contributed by atoms with Crippen molar-refractivity contribution < 1.29 is 24.2 Å². The van der Waals surface area contributed by atoms with E-state index in [0.29, 0.717) is 10.8 Å². The minimum Gasteiger partial charge on any atom is -0.484 e. The maximum absolute atomic E-state index is 12.8. The summed E-state index contributed by atoms with van der Waals surface area (Å²) in [5, 5.41) is 10.3. The zero-order valence-electron chi connectivity index (χ0n) is 17.5. The monoisotopic (exact) mass is 434 g/mol. The SMILES string of the molecule is CC(C)=C1[C@H]2CC[C@H]1[C@@H](C(=O)O)[C@H]2C(=O)NNC(=O)COc1cc(C)c(Cl)c(C)c1. The van der Waals surface area contributed by atoms with Crippen LogP contribution in [0.4, 0.5) is 0 Å². The molecular weight excluding hydrogens is 408 g/mol. The lowest BCUT2D eigenvalue weighted by Gasteiger charge is -2.26. The normalized spacial score (nSPS) is 24.5. The van der Waals surface area contributed by atoms with Gasteiger partial charge in [-0.05, 0) is 75.6 Å². The Morgan fingerprint density at radius 2 is 1.63 bits per heavy atom. The number of fused-ring (bicyclic) bond motifs is 2. The van der Waals surface area contributed by atoms with Gasteiger partial charge < -0.3 is 9.84 Å². The number of amides is 2. The van der Waals surface area contributed by atoms with E-state index in [1.807, 2.05) is 27.7 Å². The molecular formula is C22H27ClN2O5. The lowest BCUT2D eigenvalue weighted by molar-refractivity contribution is -0.150. The Labute approximate surface area is 180 Å². The highest BCUT2D eigenvalue weighted by molar-refractivity contribution is 6.32. The molecule has 0 spiro atoms. The minimum absolute atomic E-state index is 0.0886. The van der Waals surface area contributed by atoms with Gasteiger partial charge in [0, 0.05) is 5.02 Å². The van der Waals surface area contributed by atoms with E-state index in [0.717, 1.165) is 35.1 Å². The van der Waals surface area contributed by atoms with Gasteiger partial charge in [-0.15, -0.1) is 0 Å². The van der Waals surface area contributed by atoms with E-state index < -0.39 is 29.6 Å². The second kappa shape index (κ2) is 8.68.